The van der Waals surface area contributed by atoms with Gasteiger partial charge in [0.2, 0.25) is 10.0 Å². The maximum absolute atomic E-state index is 12.8. The van der Waals surface area contributed by atoms with Crippen molar-refractivity contribution in [3.05, 3.63) is 29.8 Å². The molecule has 168 valence electrons. The van der Waals surface area contributed by atoms with E-state index in [1.54, 1.807) is 6.92 Å². The first-order valence-electron chi connectivity index (χ1n) is 8.71. The van der Waals surface area contributed by atoms with Crippen molar-refractivity contribution in [1.82, 2.24) is 15.4 Å². The monoisotopic (exact) mass is 453 g/mol. The molecular weight excluding hydrogens is 431 g/mol. The summed E-state index contributed by atoms with van der Waals surface area (Å²) in [5, 5.41) is 4.17. The molecule has 0 heterocycles. The first kappa shape index (κ1) is 25.4. The van der Waals surface area contributed by atoms with Crippen molar-refractivity contribution in [1.29, 1.82) is 0 Å². The number of rotatable bonds is 8. The molecule has 1 unspecified atom stereocenters. The highest BCUT2D eigenvalue weighted by Gasteiger charge is 2.34. The van der Waals surface area contributed by atoms with Crippen LogP contribution < -0.4 is 15.4 Å². The third kappa shape index (κ3) is 7.63. The summed E-state index contributed by atoms with van der Waals surface area (Å²) in [6.07, 6.45) is -4.75. The summed E-state index contributed by atoms with van der Waals surface area (Å²) < 4.78 is 70.2. The van der Waals surface area contributed by atoms with Crippen LogP contribution in [0.4, 0.5) is 18.0 Å². The number of esters is 1. The summed E-state index contributed by atoms with van der Waals surface area (Å²) in [6, 6.07) is 0.725. The van der Waals surface area contributed by atoms with Crippen LogP contribution in [0, 0.1) is 5.92 Å². The van der Waals surface area contributed by atoms with Gasteiger partial charge in [-0.15, -0.1) is 0 Å². The van der Waals surface area contributed by atoms with E-state index in [9.17, 15) is 36.0 Å². The van der Waals surface area contributed by atoms with Gasteiger partial charge < -0.3 is 10.1 Å². The Hall–Kier alpha value is -2.67. The third-order valence-electron chi connectivity index (χ3n) is 3.61. The average molecular weight is 453 g/mol. The summed E-state index contributed by atoms with van der Waals surface area (Å²) in [5.41, 5.74) is -1.17. The van der Waals surface area contributed by atoms with Crippen molar-refractivity contribution < 1.29 is 40.7 Å². The van der Waals surface area contributed by atoms with Crippen LogP contribution in [0.5, 0.6) is 0 Å². The number of halogens is 3. The van der Waals surface area contributed by atoms with Crippen molar-refractivity contribution >= 4 is 27.9 Å². The lowest BCUT2D eigenvalue weighted by molar-refractivity contribution is -0.150. The molecule has 0 aromatic heterocycles. The van der Waals surface area contributed by atoms with Gasteiger partial charge in [0.1, 0.15) is 6.04 Å². The number of carbonyl (C=O) groups is 3. The zero-order valence-electron chi connectivity index (χ0n) is 16.4. The van der Waals surface area contributed by atoms with Gasteiger partial charge in [0.05, 0.1) is 10.5 Å². The Morgan fingerprint density at radius 2 is 1.80 bits per heavy atom. The lowest BCUT2D eigenvalue weighted by Gasteiger charge is -2.21. The van der Waals surface area contributed by atoms with E-state index in [4.69, 9.17) is 4.74 Å². The first-order chi connectivity index (χ1) is 13.8. The lowest BCUT2D eigenvalue weighted by atomic mass is 10.1. The van der Waals surface area contributed by atoms with E-state index >= 15 is 0 Å². The molecule has 13 heteroatoms. The van der Waals surface area contributed by atoms with Gasteiger partial charge >= 0.3 is 18.2 Å². The van der Waals surface area contributed by atoms with Crippen LogP contribution in [-0.4, -0.2) is 45.5 Å². The van der Waals surface area contributed by atoms with E-state index in [0.717, 1.165) is 12.1 Å². The molecule has 0 bridgehead atoms. The Balaban J connectivity index is 2.89. The molecule has 30 heavy (non-hydrogen) atoms. The van der Waals surface area contributed by atoms with Gasteiger partial charge in [0, 0.05) is 6.54 Å². The highest BCUT2D eigenvalue weighted by Crippen LogP contribution is 2.30. The van der Waals surface area contributed by atoms with E-state index in [2.05, 4.69) is 5.32 Å². The fourth-order valence-corrected chi connectivity index (χ4v) is 3.50. The molecule has 1 atom stereocenters. The van der Waals surface area contributed by atoms with Gasteiger partial charge in [-0.2, -0.15) is 17.9 Å². The maximum atomic E-state index is 12.8. The Labute approximate surface area is 171 Å². The second kappa shape index (κ2) is 10.4. The Morgan fingerprint density at radius 3 is 2.33 bits per heavy atom. The molecule has 0 radical (unpaired) electrons. The van der Waals surface area contributed by atoms with Gasteiger partial charge in [-0.25, -0.2) is 13.2 Å². The summed E-state index contributed by atoms with van der Waals surface area (Å²) in [5.74, 6) is -2.74. The van der Waals surface area contributed by atoms with Gasteiger partial charge in [0.15, 0.2) is 6.61 Å². The molecule has 1 aromatic carbocycles. The third-order valence-corrected chi connectivity index (χ3v) is 5.05. The number of urea groups is 1. The van der Waals surface area contributed by atoms with E-state index < -0.39 is 63.1 Å². The number of hydrogen-bond donors (Lipinski definition) is 3. The number of imide groups is 1. The second-order valence-electron chi connectivity index (χ2n) is 6.38. The van der Waals surface area contributed by atoms with Crippen LogP contribution in [0.25, 0.3) is 0 Å². The summed E-state index contributed by atoms with van der Waals surface area (Å²) >= 11 is 0. The predicted molar refractivity (Wildman–Crippen MR) is 98.6 cm³/mol. The zero-order valence-corrected chi connectivity index (χ0v) is 17.2. The lowest BCUT2D eigenvalue weighted by Crippen LogP contribution is -2.47. The molecule has 0 saturated carbocycles. The van der Waals surface area contributed by atoms with E-state index in [0.29, 0.717) is 12.1 Å². The van der Waals surface area contributed by atoms with Crippen molar-refractivity contribution in [2.45, 2.75) is 37.9 Å². The predicted octanol–water partition coefficient (Wildman–Crippen LogP) is 1.40. The minimum Gasteiger partial charge on any atom is -0.454 e. The zero-order chi connectivity index (χ0) is 23.1. The fraction of sp³-hybridized carbons (Fsp3) is 0.471. The molecular formula is C17H22F3N3O6S. The van der Waals surface area contributed by atoms with Crippen LogP contribution in [0.3, 0.4) is 0 Å². The topological polar surface area (TPSA) is 131 Å². The Kier molecular flexibility index (Phi) is 8.78. The number of carbonyl (C=O) groups excluding carboxylic acids is 3. The number of alkyl halides is 3. The van der Waals surface area contributed by atoms with Crippen molar-refractivity contribution in [3.8, 4) is 0 Å². The van der Waals surface area contributed by atoms with Crippen LogP contribution >= 0.6 is 0 Å². The molecule has 0 aliphatic heterocycles. The van der Waals surface area contributed by atoms with Crippen LogP contribution in [-0.2, 0) is 30.5 Å². The molecule has 0 aliphatic carbocycles. The number of hydrogen-bond acceptors (Lipinski definition) is 6. The molecule has 9 nitrogen and oxygen atoms in total. The average Bonchev–Trinajstić information content (AvgIpc) is 2.63. The summed E-state index contributed by atoms with van der Waals surface area (Å²) in [4.78, 5) is 34.3. The number of benzene rings is 1. The molecule has 0 fully saturated rings. The van der Waals surface area contributed by atoms with Crippen LogP contribution in [0.15, 0.2) is 29.2 Å². The molecule has 1 rings (SSSR count). The SMILES string of the molecule is CCNC(=O)NC(=O)COC(=O)C(NS(=O)(=O)c1cccc(C(F)(F)F)c1)C(C)C. The molecule has 0 saturated heterocycles. The number of sulfonamides is 1. The van der Waals surface area contributed by atoms with Crippen molar-refractivity contribution in [2.24, 2.45) is 5.92 Å². The number of ether oxygens (including phenoxy) is 1. The van der Waals surface area contributed by atoms with Gasteiger partial charge in [-0.1, -0.05) is 19.9 Å². The minimum absolute atomic E-state index is 0.256. The van der Waals surface area contributed by atoms with Gasteiger partial charge in [0.25, 0.3) is 5.91 Å². The quantitative estimate of drug-likeness (QED) is 0.510. The molecule has 3 N–H and O–H groups in total. The largest absolute Gasteiger partial charge is 0.454 e. The second-order valence-corrected chi connectivity index (χ2v) is 8.10. The van der Waals surface area contributed by atoms with E-state index in [1.807, 2.05) is 10.0 Å². The van der Waals surface area contributed by atoms with Crippen molar-refractivity contribution in [2.75, 3.05) is 13.2 Å². The standard InChI is InChI=1S/C17H22F3N3O6S/c1-4-21-16(26)22-13(24)9-29-15(25)14(10(2)3)23-30(27,28)12-7-5-6-11(8-12)17(18,19)20/h5-8,10,14,23H,4,9H2,1-3H3,(H2,21,22,24,26). The first-order valence-corrected chi connectivity index (χ1v) is 10.2. The smallest absolute Gasteiger partial charge is 0.416 e. The Bertz CT molecular complexity index is 887. The maximum Gasteiger partial charge on any atom is 0.416 e. The van der Waals surface area contributed by atoms with Crippen molar-refractivity contribution in [3.63, 3.8) is 0 Å². The molecule has 3 amide bonds. The highest BCUT2D eigenvalue weighted by molar-refractivity contribution is 7.89. The van der Waals surface area contributed by atoms with Crippen LogP contribution in [0.1, 0.15) is 26.3 Å². The van der Waals surface area contributed by atoms with Gasteiger partial charge in [-0.3, -0.25) is 14.9 Å². The van der Waals surface area contributed by atoms with Crippen LogP contribution in [0.2, 0.25) is 0 Å². The normalized spacial score (nSPS) is 12.9. The number of nitrogens with one attached hydrogen (secondary N) is 3. The summed E-state index contributed by atoms with van der Waals surface area (Å²) in [7, 11) is -4.51. The number of amides is 3. The van der Waals surface area contributed by atoms with E-state index in [-0.39, 0.29) is 6.54 Å². The summed E-state index contributed by atoms with van der Waals surface area (Å²) in [6.45, 7) is 3.95. The molecule has 0 spiro atoms. The Morgan fingerprint density at radius 1 is 1.17 bits per heavy atom. The highest BCUT2D eigenvalue weighted by atomic mass is 32.2. The van der Waals surface area contributed by atoms with Gasteiger partial charge in [-0.05, 0) is 31.0 Å². The molecule has 1 aromatic rings. The minimum atomic E-state index is -4.75. The molecule has 0 aliphatic rings. The van der Waals surface area contributed by atoms with E-state index in [1.165, 1.54) is 13.8 Å². The fourth-order valence-electron chi connectivity index (χ4n) is 2.13.